The summed E-state index contributed by atoms with van der Waals surface area (Å²) in [7, 11) is -3.60. The van der Waals surface area contributed by atoms with E-state index in [2.05, 4.69) is 27.2 Å². The Kier molecular flexibility index (Phi) is 4.98. The number of aromatic nitrogens is 2. The quantitative estimate of drug-likeness (QED) is 0.683. The summed E-state index contributed by atoms with van der Waals surface area (Å²) in [6.07, 6.45) is 3.97. The van der Waals surface area contributed by atoms with Gasteiger partial charge in [0, 0.05) is 12.7 Å². The van der Waals surface area contributed by atoms with Gasteiger partial charge in [-0.05, 0) is 37.1 Å². The van der Waals surface area contributed by atoms with E-state index in [4.69, 9.17) is 0 Å². The van der Waals surface area contributed by atoms with Crippen molar-refractivity contribution in [3.05, 3.63) is 41.7 Å². The summed E-state index contributed by atoms with van der Waals surface area (Å²) in [5, 5.41) is 9.59. The van der Waals surface area contributed by atoms with Crippen molar-refractivity contribution in [1.82, 2.24) is 15.5 Å². The van der Waals surface area contributed by atoms with E-state index in [0.717, 1.165) is 24.1 Å². The standard InChI is InChI=1S/C14H20N4O2S/c1-3-7-15-8-12-5-4-6-14(11(12)2)21(19,20)18-13-9-16-17-10-13/h4-6,9-10,15,18H,3,7-8H2,1-2H3,(H,16,17). The van der Waals surface area contributed by atoms with E-state index in [1.165, 1.54) is 12.4 Å². The molecule has 0 amide bonds. The van der Waals surface area contributed by atoms with Gasteiger partial charge in [0.2, 0.25) is 0 Å². The number of H-pyrrole nitrogens is 1. The van der Waals surface area contributed by atoms with Crippen LogP contribution in [0.5, 0.6) is 0 Å². The van der Waals surface area contributed by atoms with Gasteiger partial charge < -0.3 is 5.32 Å². The molecular formula is C14H20N4O2S. The van der Waals surface area contributed by atoms with Crippen molar-refractivity contribution in [3.63, 3.8) is 0 Å². The largest absolute Gasteiger partial charge is 0.313 e. The zero-order valence-corrected chi connectivity index (χ0v) is 13.0. The number of hydrogen-bond acceptors (Lipinski definition) is 4. The highest BCUT2D eigenvalue weighted by atomic mass is 32.2. The molecule has 0 aliphatic carbocycles. The molecule has 2 rings (SSSR count). The number of aromatic amines is 1. The first-order chi connectivity index (χ1) is 10.0. The Labute approximate surface area is 125 Å². The number of anilines is 1. The molecule has 0 unspecified atom stereocenters. The molecule has 0 fully saturated rings. The van der Waals surface area contributed by atoms with Crippen LogP contribution in [0.3, 0.4) is 0 Å². The molecule has 1 heterocycles. The van der Waals surface area contributed by atoms with Crippen molar-refractivity contribution in [3.8, 4) is 0 Å². The maximum Gasteiger partial charge on any atom is 0.262 e. The molecule has 0 bridgehead atoms. The third kappa shape index (κ3) is 3.83. The molecule has 0 spiro atoms. The molecule has 2 aromatic rings. The minimum Gasteiger partial charge on any atom is -0.313 e. The van der Waals surface area contributed by atoms with Crippen LogP contribution in [0.25, 0.3) is 0 Å². The van der Waals surface area contributed by atoms with Crippen LogP contribution in [0.15, 0.2) is 35.5 Å². The fraction of sp³-hybridized carbons (Fsp3) is 0.357. The molecule has 6 nitrogen and oxygen atoms in total. The maximum atomic E-state index is 12.4. The van der Waals surface area contributed by atoms with Crippen LogP contribution in [-0.4, -0.2) is 25.2 Å². The highest BCUT2D eigenvalue weighted by Crippen LogP contribution is 2.21. The smallest absolute Gasteiger partial charge is 0.262 e. The number of sulfonamides is 1. The van der Waals surface area contributed by atoms with Gasteiger partial charge in [0.15, 0.2) is 0 Å². The third-order valence-electron chi connectivity index (χ3n) is 3.18. The summed E-state index contributed by atoms with van der Waals surface area (Å²) in [5.41, 5.74) is 2.17. The summed E-state index contributed by atoms with van der Waals surface area (Å²) in [5.74, 6) is 0. The molecule has 0 atom stereocenters. The normalized spacial score (nSPS) is 11.5. The van der Waals surface area contributed by atoms with Crippen molar-refractivity contribution in [2.45, 2.75) is 31.7 Å². The molecule has 21 heavy (non-hydrogen) atoms. The van der Waals surface area contributed by atoms with Crippen molar-refractivity contribution < 1.29 is 8.42 Å². The van der Waals surface area contributed by atoms with E-state index < -0.39 is 10.0 Å². The highest BCUT2D eigenvalue weighted by molar-refractivity contribution is 7.92. The van der Waals surface area contributed by atoms with Crippen molar-refractivity contribution in [2.75, 3.05) is 11.3 Å². The Balaban J connectivity index is 2.24. The fourth-order valence-electron chi connectivity index (χ4n) is 2.06. The lowest BCUT2D eigenvalue weighted by Gasteiger charge is -2.13. The molecule has 114 valence electrons. The van der Waals surface area contributed by atoms with Crippen LogP contribution in [0.1, 0.15) is 24.5 Å². The van der Waals surface area contributed by atoms with E-state index in [1.54, 1.807) is 12.1 Å². The van der Waals surface area contributed by atoms with Gasteiger partial charge in [-0.15, -0.1) is 0 Å². The van der Waals surface area contributed by atoms with Gasteiger partial charge >= 0.3 is 0 Å². The first-order valence-electron chi connectivity index (χ1n) is 6.85. The Bertz CT molecular complexity index is 681. The fourth-order valence-corrected chi connectivity index (χ4v) is 3.38. The Morgan fingerprint density at radius 2 is 2.14 bits per heavy atom. The average Bonchev–Trinajstić information content (AvgIpc) is 2.93. The molecule has 7 heteroatoms. The molecule has 0 aliphatic heterocycles. The second-order valence-electron chi connectivity index (χ2n) is 4.81. The van der Waals surface area contributed by atoms with E-state index in [9.17, 15) is 8.42 Å². The van der Waals surface area contributed by atoms with E-state index in [0.29, 0.717) is 17.1 Å². The molecule has 1 aromatic heterocycles. The van der Waals surface area contributed by atoms with Gasteiger partial charge in [-0.25, -0.2) is 8.42 Å². The Morgan fingerprint density at radius 3 is 2.81 bits per heavy atom. The van der Waals surface area contributed by atoms with Crippen LogP contribution in [0, 0.1) is 6.92 Å². The van der Waals surface area contributed by atoms with Crippen molar-refractivity contribution >= 4 is 15.7 Å². The first-order valence-corrected chi connectivity index (χ1v) is 8.33. The molecular weight excluding hydrogens is 288 g/mol. The Hall–Kier alpha value is -1.86. The number of benzene rings is 1. The Morgan fingerprint density at radius 1 is 1.33 bits per heavy atom. The van der Waals surface area contributed by atoms with Gasteiger partial charge in [-0.2, -0.15) is 5.10 Å². The second kappa shape index (κ2) is 6.73. The lowest BCUT2D eigenvalue weighted by molar-refractivity contribution is 0.600. The van der Waals surface area contributed by atoms with E-state index in [1.807, 2.05) is 13.0 Å². The van der Waals surface area contributed by atoms with Crippen molar-refractivity contribution in [1.29, 1.82) is 0 Å². The predicted molar refractivity (Wildman–Crippen MR) is 82.6 cm³/mol. The van der Waals surface area contributed by atoms with Crippen molar-refractivity contribution in [2.24, 2.45) is 0 Å². The monoisotopic (exact) mass is 308 g/mol. The molecule has 0 saturated heterocycles. The topological polar surface area (TPSA) is 86.9 Å². The number of rotatable bonds is 7. The summed E-state index contributed by atoms with van der Waals surface area (Å²) >= 11 is 0. The van der Waals surface area contributed by atoms with Crippen LogP contribution < -0.4 is 10.0 Å². The van der Waals surface area contributed by atoms with Gasteiger partial charge in [0.05, 0.1) is 16.8 Å². The van der Waals surface area contributed by atoms with Crippen LogP contribution >= 0.6 is 0 Å². The SMILES string of the molecule is CCCNCc1cccc(S(=O)(=O)Nc2cn[nH]c2)c1C. The second-order valence-corrected chi connectivity index (χ2v) is 6.46. The van der Waals surface area contributed by atoms with Crippen LogP contribution in [-0.2, 0) is 16.6 Å². The van der Waals surface area contributed by atoms with Gasteiger partial charge in [-0.1, -0.05) is 19.1 Å². The molecule has 0 saturated carbocycles. The molecule has 0 aliphatic rings. The lowest BCUT2D eigenvalue weighted by atomic mass is 10.1. The highest BCUT2D eigenvalue weighted by Gasteiger charge is 2.18. The molecule has 0 radical (unpaired) electrons. The summed E-state index contributed by atoms with van der Waals surface area (Å²) < 4.78 is 27.4. The minimum absolute atomic E-state index is 0.291. The zero-order chi connectivity index (χ0) is 15.3. The number of nitrogens with zero attached hydrogens (tertiary/aromatic N) is 1. The number of nitrogens with one attached hydrogen (secondary N) is 3. The zero-order valence-electron chi connectivity index (χ0n) is 12.2. The molecule has 3 N–H and O–H groups in total. The third-order valence-corrected chi connectivity index (χ3v) is 4.70. The van der Waals surface area contributed by atoms with Crippen LogP contribution in [0.4, 0.5) is 5.69 Å². The predicted octanol–water partition coefficient (Wildman–Crippen LogP) is 2.02. The molecule has 1 aromatic carbocycles. The van der Waals surface area contributed by atoms with Crippen LogP contribution in [0.2, 0.25) is 0 Å². The summed E-state index contributed by atoms with van der Waals surface area (Å²) in [4.78, 5) is 0.291. The lowest BCUT2D eigenvalue weighted by Crippen LogP contribution is -2.18. The summed E-state index contributed by atoms with van der Waals surface area (Å²) in [6.45, 7) is 5.49. The maximum absolute atomic E-state index is 12.4. The number of hydrogen-bond donors (Lipinski definition) is 3. The van der Waals surface area contributed by atoms with E-state index in [-0.39, 0.29) is 0 Å². The van der Waals surface area contributed by atoms with Gasteiger partial charge in [0.1, 0.15) is 0 Å². The minimum atomic E-state index is -3.60. The first kappa shape index (κ1) is 15.5. The average molecular weight is 308 g/mol. The summed E-state index contributed by atoms with van der Waals surface area (Å²) in [6, 6.07) is 5.32. The van der Waals surface area contributed by atoms with E-state index >= 15 is 0 Å². The van der Waals surface area contributed by atoms with Gasteiger partial charge in [-0.3, -0.25) is 9.82 Å². The van der Waals surface area contributed by atoms with Gasteiger partial charge in [0.25, 0.3) is 10.0 Å².